The second-order valence-electron chi connectivity index (χ2n) is 2.86. The van der Waals surface area contributed by atoms with Crippen molar-refractivity contribution in [2.45, 2.75) is 5.75 Å². The molecule has 82 valence electrons. The van der Waals surface area contributed by atoms with Gasteiger partial charge >= 0.3 is 5.97 Å². The third-order valence-corrected chi connectivity index (χ3v) is 3.35. The van der Waals surface area contributed by atoms with E-state index in [1.807, 2.05) is 18.2 Å². The molecule has 1 N–H and O–H groups in total. The first kappa shape index (κ1) is 12.4. The minimum Gasteiger partial charge on any atom is -0.496 e. The molecule has 5 heteroatoms. The molecule has 0 atom stereocenters. The summed E-state index contributed by atoms with van der Waals surface area (Å²) < 4.78 is 6.04. The molecular weight excluding hydrogens is 280 g/mol. The lowest BCUT2D eigenvalue weighted by Gasteiger charge is -2.05. The molecule has 0 aliphatic rings. The van der Waals surface area contributed by atoms with Crippen molar-refractivity contribution >= 4 is 33.7 Å². The Hall–Kier alpha value is -0.680. The molecule has 0 unspecified atom stereocenters. The summed E-state index contributed by atoms with van der Waals surface area (Å²) in [6.45, 7) is 0. The van der Waals surface area contributed by atoms with Gasteiger partial charge in [-0.25, -0.2) is 0 Å². The summed E-state index contributed by atoms with van der Waals surface area (Å²) in [5.41, 5.74) is 1.06. The summed E-state index contributed by atoms with van der Waals surface area (Å²) in [5.74, 6) is 0.779. The van der Waals surface area contributed by atoms with Gasteiger partial charge in [-0.3, -0.25) is 4.79 Å². The topological polar surface area (TPSA) is 46.5 Å². The number of carboxylic acids is 1. The third kappa shape index (κ3) is 4.13. The number of carbonyl (C=O) groups is 1. The predicted octanol–water partition coefficient (Wildman–Crippen LogP) is 2.78. The average molecular weight is 291 g/mol. The lowest BCUT2D eigenvalue weighted by molar-refractivity contribution is -0.133. The number of ether oxygens (including phenoxy) is 1. The maximum Gasteiger partial charge on any atom is 0.313 e. The number of methoxy groups -OCH3 is 1. The Morgan fingerprint density at radius 3 is 2.93 bits per heavy atom. The highest BCUT2D eigenvalue weighted by molar-refractivity contribution is 9.10. The van der Waals surface area contributed by atoms with Gasteiger partial charge in [0.1, 0.15) is 5.75 Å². The maximum atomic E-state index is 10.3. The molecule has 1 aromatic carbocycles. The molecule has 3 nitrogen and oxygen atoms in total. The first-order valence-electron chi connectivity index (χ1n) is 4.25. The molecule has 0 aromatic heterocycles. The van der Waals surface area contributed by atoms with Crippen LogP contribution in [-0.2, 0) is 10.5 Å². The second kappa shape index (κ2) is 6.02. The van der Waals surface area contributed by atoms with Crippen molar-refractivity contribution in [3.8, 4) is 5.75 Å². The van der Waals surface area contributed by atoms with Crippen molar-refractivity contribution in [2.24, 2.45) is 0 Å². The molecule has 0 aliphatic carbocycles. The summed E-state index contributed by atoms with van der Waals surface area (Å²) in [7, 11) is 1.61. The number of halogens is 1. The van der Waals surface area contributed by atoms with E-state index in [1.54, 1.807) is 7.11 Å². The molecule has 0 bridgehead atoms. The van der Waals surface area contributed by atoms with Crippen LogP contribution < -0.4 is 4.74 Å². The SMILES string of the molecule is COc1cc(CSCC(=O)O)ccc1Br. The van der Waals surface area contributed by atoms with Gasteiger partial charge in [-0.15, -0.1) is 11.8 Å². The van der Waals surface area contributed by atoms with E-state index >= 15 is 0 Å². The number of benzene rings is 1. The van der Waals surface area contributed by atoms with E-state index in [0.717, 1.165) is 15.8 Å². The average Bonchev–Trinajstić information content (AvgIpc) is 2.20. The highest BCUT2D eigenvalue weighted by Gasteiger charge is 2.03. The van der Waals surface area contributed by atoms with E-state index in [1.165, 1.54) is 11.8 Å². The lowest BCUT2D eigenvalue weighted by Crippen LogP contribution is -1.98. The van der Waals surface area contributed by atoms with Gasteiger partial charge in [-0.2, -0.15) is 0 Å². The van der Waals surface area contributed by atoms with Crippen LogP contribution in [0.4, 0.5) is 0 Å². The van der Waals surface area contributed by atoms with Gasteiger partial charge in [-0.1, -0.05) is 6.07 Å². The Balaban J connectivity index is 2.58. The molecule has 15 heavy (non-hydrogen) atoms. The number of hydrogen-bond donors (Lipinski definition) is 1. The standard InChI is InChI=1S/C10H11BrO3S/c1-14-9-4-7(2-3-8(9)11)5-15-6-10(12)13/h2-4H,5-6H2,1H3,(H,12,13). The number of rotatable bonds is 5. The first-order valence-corrected chi connectivity index (χ1v) is 6.20. The Morgan fingerprint density at radius 1 is 1.60 bits per heavy atom. The Kier molecular flexibility index (Phi) is 4.98. The maximum absolute atomic E-state index is 10.3. The molecule has 0 aliphatic heterocycles. The van der Waals surface area contributed by atoms with Crippen LogP contribution in [0, 0.1) is 0 Å². The molecule has 0 amide bonds. The number of aliphatic carboxylic acids is 1. The normalized spacial score (nSPS) is 10.0. The molecule has 0 saturated carbocycles. The fourth-order valence-corrected chi connectivity index (χ4v) is 2.15. The van der Waals surface area contributed by atoms with E-state index in [2.05, 4.69) is 15.9 Å². The van der Waals surface area contributed by atoms with Crippen LogP contribution in [0.5, 0.6) is 5.75 Å². The van der Waals surface area contributed by atoms with Crippen molar-refractivity contribution in [3.05, 3.63) is 28.2 Å². The van der Waals surface area contributed by atoms with Crippen LogP contribution in [0.2, 0.25) is 0 Å². The van der Waals surface area contributed by atoms with Crippen LogP contribution in [0.25, 0.3) is 0 Å². The van der Waals surface area contributed by atoms with Crippen LogP contribution in [-0.4, -0.2) is 23.9 Å². The number of hydrogen-bond acceptors (Lipinski definition) is 3. The Bertz CT molecular complexity index is 355. The minimum atomic E-state index is -0.788. The Morgan fingerprint density at radius 2 is 2.33 bits per heavy atom. The fourth-order valence-electron chi connectivity index (χ4n) is 1.05. The van der Waals surface area contributed by atoms with Crippen LogP contribution in [0.3, 0.4) is 0 Å². The van der Waals surface area contributed by atoms with Crippen molar-refractivity contribution < 1.29 is 14.6 Å². The third-order valence-electron chi connectivity index (χ3n) is 1.71. The van der Waals surface area contributed by atoms with Crippen molar-refractivity contribution in [1.82, 2.24) is 0 Å². The second-order valence-corrected chi connectivity index (χ2v) is 4.70. The van der Waals surface area contributed by atoms with Crippen molar-refractivity contribution in [3.63, 3.8) is 0 Å². The zero-order valence-corrected chi connectivity index (χ0v) is 10.6. The molecule has 1 rings (SSSR count). The van der Waals surface area contributed by atoms with Gasteiger partial charge in [0, 0.05) is 5.75 Å². The zero-order chi connectivity index (χ0) is 11.3. The van der Waals surface area contributed by atoms with Gasteiger partial charge < -0.3 is 9.84 Å². The van der Waals surface area contributed by atoms with Crippen molar-refractivity contribution in [1.29, 1.82) is 0 Å². The van der Waals surface area contributed by atoms with E-state index in [-0.39, 0.29) is 5.75 Å². The van der Waals surface area contributed by atoms with Gasteiger partial charge in [-0.05, 0) is 33.6 Å². The fraction of sp³-hybridized carbons (Fsp3) is 0.300. The summed E-state index contributed by atoms with van der Waals surface area (Å²) in [6.07, 6.45) is 0. The summed E-state index contributed by atoms with van der Waals surface area (Å²) in [6, 6.07) is 5.75. The highest BCUT2D eigenvalue weighted by atomic mass is 79.9. The monoisotopic (exact) mass is 290 g/mol. The van der Waals surface area contributed by atoms with E-state index < -0.39 is 5.97 Å². The summed E-state index contributed by atoms with van der Waals surface area (Å²) in [5, 5.41) is 8.48. The molecular formula is C10H11BrO3S. The number of carboxylic acid groups (broad SMARTS) is 1. The molecule has 0 radical (unpaired) electrons. The molecule has 0 saturated heterocycles. The van der Waals surface area contributed by atoms with Crippen LogP contribution in [0.1, 0.15) is 5.56 Å². The van der Waals surface area contributed by atoms with Gasteiger partial charge in [0.05, 0.1) is 17.3 Å². The van der Waals surface area contributed by atoms with Crippen molar-refractivity contribution in [2.75, 3.05) is 12.9 Å². The van der Waals surface area contributed by atoms with Gasteiger partial charge in [0.25, 0.3) is 0 Å². The van der Waals surface area contributed by atoms with E-state index in [4.69, 9.17) is 9.84 Å². The van der Waals surface area contributed by atoms with Gasteiger partial charge in [0.2, 0.25) is 0 Å². The zero-order valence-electron chi connectivity index (χ0n) is 8.20. The van der Waals surface area contributed by atoms with Crippen LogP contribution in [0.15, 0.2) is 22.7 Å². The molecule has 0 fully saturated rings. The van der Waals surface area contributed by atoms with Gasteiger partial charge in [0.15, 0.2) is 0 Å². The van der Waals surface area contributed by atoms with E-state index in [9.17, 15) is 4.79 Å². The molecule has 0 heterocycles. The summed E-state index contributed by atoms with van der Waals surface area (Å²) >= 11 is 4.73. The molecule has 0 spiro atoms. The van der Waals surface area contributed by atoms with Crippen LogP contribution >= 0.6 is 27.7 Å². The summed E-state index contributed by atoms with van der Waals surface area (Å²) in [4.78, 5) is 10.3. The highest BCUT2D eigenvalue weighted by Crippen LogP contribution is 2.27. The number of thioether (sulfide) groups is 1. The quantitative estimate of drug-likeness (QED) is 0.906. The molecule has 1 aromatic rings. The van der Waals surface area contributed by atoms with E-state index in [0.29, 0.717) is 5.75 Å². The first-order chi connectivity index (χ1) is 7.13. The Labute approximate surface area is 101 Å². The smallest absolute Gasteiger partial charge is 0.313 e. The lowest BCUT2D eigenvalue weighted by atomic mass is 10.2. The largest absolute Gasteiger partial charge is 0.496 e. The minimum absolute atomic E-state index is 0.123. The predicted molar refractivity (Wildman–Crippen MR) is 64.5 cm³/mol.